The maximum atomic E-state index is 12.2. The Morgan fingerprint density at radius 2 is 2.05 bits per heavy atom. The number of rotatable bonds is 4. The highest BCUT2D eigenvalue weighted by molar-refractivity contribution is 5.75. The van der Waals surface area contributed by atoms with Gasteiger partial charge >= 0.3 is 12.0 Å². The lowest BCUT2D eigenvalue weighted by Gasteiger charge is -2.22. The minimum atomic E-state index is -0.764. The molecule has 2 atom stereocenters. The van der Waals surface area contributed by atoms with Crippen LogP contribution in [0.2, 0.25) is 0 Å². The maximum absolute atomic E-state index is 12.2. The fraction of sp³-hybridized carbons (Fsp3) is 0.500. The molecule has 2 rings (SSSR count). The topological polar surface area (TPSA) is 69.6 Å². The van der Waals surface area contributed by atoms with Crippen molar-refractivity contribution in [2.45, 2.75) is 38.8 Å². The van der Waals surface area contributed by atoms with E-state index in [2.05, 4.69) is 5.32 Å². The standard InChI is InChI=1S/C16H22N2O3/c1-11-5-3-4-6-13(11)10-18(2)16(21)17-14-8-7-12(9-14)15(19)20/h3-6,12,14H,7-10H2,1-2H3,(H,17,21)(H,19,20)/t12-,14+/m1/s1. The first-order valence-electron chi connectivity index (χ1n) is 7.26. The van der Waals surface area contributed by atoms with Crippen LogP contribution in [0.5, 0.6) is 0 Å². The quantitative estimate of drug-likeness (QED) is 0.894. The van der Waals surface area contributed by atoms with Gasteiger partial charge in [-0.3, -0.25) is 4.79 Å². The van der Waals surface area contributed by atoms with Gasteiger partial charge in [0.25, 0.3) is 0 Å². The third kappa shape index (κ3) is 3.97. The molecule has 1 aliphatic carbocycles. The van der Waals surface area contributed by atoms with Crippen molar-refractivity contribution in [1.82, 2.24) is 10.2 Å². The lowest BCUT2D eigenvalue weighted by atomic mass is 10.1. The van der Waals surface area contributed by atoms with Gasteiger partial charge in [0.15, 0.2) is 0 Å². The van der Waals surface area contributed by atoms with Crippen molar-refractivity contribution in [2.75, 3.05) is 7.05 Å². The van der Waals surface area contributed by atoms with Gasteiger partial charge in [-0.05, 0) is 37.3 Å². The number of hydrogen-bond acceptors (Lipinski definition) is 2. The van der Waals surface area contributed by atoms with Gasteiger partial charge in [0.05, 0.1) is 5.92 Å². The van der Waals surface area contributed by atoms with Crippen LogP contribution in [0.25, 0.3) is 0 Å². The summed E-state index contributed by atoms with van der Waals surface area (Å²) in [7, 11) is 1.76. The number of amides is 2. The molecule has 0 aliphatic heterocycles. The molecular weight excluding hydrogens is 268 g/mol. The maximum Gasteiger partial charge on any atom is 0.317 e. The highest BCUT2D eigenvalue weighted by Gasteiger charge is 2.31. The van der Waals surface area contributed by atoms with Crippen LogP contribution in [-0.2, 0) is 11.3 Å². The number of nitrogens with zero attached hydrogens (tertiary/aromatic N) is 1. The van der Waals surface area contributed by atoms with E-state index >= 15 is 0 Å². The molecule has 0 saturated heterocycles. The minimum Gasteiger partial charge on any atom is -0.481 e. The Hall–Kier alpha value is -2.04. The van der Waals surface area contributed by atoms with Crippen LogP contribution in [0, 0.1) is 12.8 Å². The monoisotopic (exact) mass is 290 g/mol. The second-order valence-corrected chi connectivity index (χ2v) is 5.78. The molecule has 2 amide bonds. The number of aryl methyl sites for hydroxylation is 1. The van der Waals surface area contributed by atoms with Crippen molar-refractivity contribution >= 4 is 12.0 Å². The SMILES string of the molecule is Cc1ccccc1CN(C)C(=O)N[C@H]1CC[C@@H](C(=O)O)C1. The van der Waals surface area contributed by atoms with Crippen molar-refractivity contribution in [3.63, 3.8) is 0 Å². The van der Waals surface area contributed by atoms with E-state index in [-0.39, 0.29) is 18.0 Å². The van der Waals surface area contributed by atoms with Gasteiger partial charge in [0, 0.05) is 19.6 Å². The average Bonchev–Trinajstić information content (AvgIpc) is 2.90. The Labute approximate surface area is 125 Å². The van der Waals surface area contributed by atoms with Crippen molar-refractivity contribution in [2.24, 2.45) is 5.92 Å². The van der Waals surface area contributed by atoms with Gasteiger partial charge in [-0.15, -0.1) is 0 Å². The van der Waals surface area contributed by atoms with E-state index < -0.39 is 5.97 Å². The third-order valence-electron chi connectivity index (χ3n) is 4.12. The van der Waals surface area contributed by atoms with Crippen molar-refractivity contribution in [3.05, 3.63) is 35.4 Å². The molecule has 0 aromatic heterocycles. The molecule has 1 aromatic carbocycles. The first-order chi connectivity index (χ1) is 9.97. The second-order valence-electron chi connectivity index (χ2n) is 5.78. The molecule has 1 aliphatic rings. The summed E-state index contributed by atoms with van der Waals surface area (Å²) >= 11 is 0. The molecule has 1 aromatic rings. The summed E-state index contributed by atoms with van der Waals surface area (Å²) in [6, 6.07) is 7.79. The molecule has 5 nitrogen and oxygen atoms in total. The smallest absolute Gasteiger partial charge is 0.317 e. The molecule has 21 heavy (non-hydrogen) atoms. The number of carboxylic acids is 1. The fourth-order valence-electron chi connectivity index (χ4n) is 2.74. The second kappa shape index (κ2) is 6.61. The first kappa shape index (κ1) is 15.4. The molecule has 0 bridgehead atoms. The van der Waals surface area contributed by atoms with E-state index in [0.717, 1.165) is 17.5 Å². The third-order valence-corrected chi connectivity index (χ3v) is 4.12. The first-order valence-corrected chi connectivity index (χ1v) is 7.26. The summed E-state index contributed by atoms with van der Waals surface area (Å²) in [6.07, 6.45) is 1.90. The van der Waals surface area contributed by atoms with Crippen LogP contribution < -0.4 is 5.32 Å². The van der Waals surface area contributed by atoms with Gasteiger partial charge in [-0.25, -0.2) is 4.79 Å². The summed E-state index contributed by atoms with van der Waals surface area (Å²) in [4.78, 5) is 24.7. The Kier molecular flexibility index (Phi) is 4.83. The number of carboxylic acid groups (broad SMARTS) is 1. The molecule has 2 N–H and O–H groups in total. The molecular formula is C16H22N2O3. The van der Waals surface area contributed by atoms with E-state index in [1.165, 1.54) is 0 Å². The Morgan fingerprint density at radius 3 is 2.67 bits per heavy atom. The molecule has 5 heteroatoms. The molecule has 0 spiro atoms. The average molecular weight is 290 g/mol. The number of urea groups is 1. The number of aliphatic carboxylic acids is 1. The molecule has 0 radical (unpaired) electrons. The van der Waals surface area contributed by atoms with Crippen molar-refractivity contribution < 1.29 is 14.7 Å². The van der Waals surface area contributed by atoms with Crippen LogP contribution >= 0.6 is 0 Å². The van der Waals surface area contributed by atoms with Crippen LogP contribution in [0.3, 0.4) is 0 Å². The summed E-state index contributed by atoms with van der Waals surface area (Å²) in [5.41, 5.74) is 2.27. The number of carbonyl (C=O) groups excluding carboxylic acids is 1. The van der Waals surface area contributed by atoms with Gasteiger partial charge < -0.3 is 15.3 Å². The predicted octanol–water partition coefficient (Wildman–Crippen LogP) is 2.39. The van der Waals surface area contributed by atoms with E-state index in [4.69, 9.17) is 5.11 Å². The van der Waals surface area contributed by atoms with E-state index in [9.17, 15) is 9.59 Å². The van der Waals surface area contributed by atoms with Crippen LogP contribution in [0.1, 0.15) is 30.4 Å². The zero-order valence-corrected chi connectivity index (χ0v) is 12.5. The largest absolute Gasteiger partial charge is 0.481 e. The van der Waals surface area contributed by atoms with Crippen LogP contribution in [0.4, 0.5) is 4.79 Å². The van der Waals surface area contributed by atoms with Gasteiger partial charge in [-0.2, -0.15) is 0 Å². The zero-order valence-electron chi connectivity index (χ0n) is 12.5. The minimum absolute atomic E-state index is 0.0297. The zero-order chi connectivity index (χ0) is 15.4. The van der Waals surface area contributed by atoms with Crippen LogP contribution in [-0.4, -0.2) is 35.1 Å². The van der Waals surface area contributed by atoms with Crippen molar-refractivity contribution in [3.8, 4) is 0 Å². The molecule has 114 valence electrons. The van der Waals surface area contributed by atoms with Gasteiger partial charge in [-0.1, -0.05) is 24.3 Å². The molecule has 0 heterocycles. The van der Waals surface area contributed by atoms with Gasteiger partial charge in [0.1, 0.15) is 0 Å². The van der Waals surface area contributed by atoms with Crippen LogP contribution in [0.15, 0.2) is 24.3 Å². The lowest BCUT2D eigenvalue weighted by Crippen LogP contribution is -2.42. The van der Waals surface area contributed by atoms with Crippen molar-refractivity contribution in [1.29, 1.82) is 0 Å². The van der Waals surface area contributed by atoms with E-state index in [0.29, 0.717) is 19.4 Å². The molecule has 1 fully saturated rings. The lowest BCUT2D eigenvalue weighted by molar-refractivity contribution is -0.141. The van der Waals surface area contributed by atoms with Gasteiger partial charge in [0.2, 0.25) is 0 Å². The highest BCUT2D eigenvalue weighted by Crippen LogP contribution is 2.25. The number of hydrogen-bond donors (Lipinski definition) is 2. The number of benzene rings is 1. The molecule has 0 unspecified atom stereocenters. The highest BCUT2D eigenvalue weighted by atomic mass is 16.4. The van der Waals surface area contributed by atoms with E-state index in [1.54, 1.807) is 11.9 Å². The number of nitrogens with one attached hydrogen (secondary N) is 1. The predicted molar refractivity (Wildman–Crippen MR) is 79.9 cm³/mol. The Morgan fingerprint density at radius 1 is 1.33 bits per heavy atom. The summed E-state index contributed by atoms with van der Waals surface area (Å²) in [6.45, 7) is 2.57. The summed E-state index contributed by atoms with van der Waals surface area (Å²) in [5.74, 6) is -1.09. The summed E-state index contributed by atoms with van der Waals surface area (Å²) in [5, 5.41) is 11.9. The number of carbonyl (C=O) groups is 2. The molecule has 1 saturated carbocycles. The summed E-state index contributed by atoms with van der Waals surface area (Å²) < 4.78 is 0. The normalized spacial score (nSPS) is 21.0. The fourth-order valence-corrected chi connectivity index (χ4v) is 2.74. The Bertz CT molecular complexity index is 530. The Balaban J connectivity index is 1.86. The van der Waals surface area contributed by atoms with E-state index in [1.807, 2.05) is 31.2 Å².